The number of urea groups is 1. The number of rotatable bonds is 2. The second-order valence-corrected chi connectivity index (χ2v) is 4.88. The van der Waals surface area contributed by atoms with Crippen LogP contribution in [0.3, 0.4) is 0 Å². The predicted molar refractivity (Wildman–Crippen MR) is 75.1 cm³/mol. The lowest BCUT2D eigenvalue weighted by atomic mass is 10.2. The van der Waals surface area contributed by atoms with Crippen molar-refractivity contribution in [1.82, 2.24) is 4.90 Å². The minimum absolute atomic E-state index is 0.0720. The van der Waals surface area contributed by atoms with Gasteiger partial charge in [-0.1, -0.05) is 36.7 Å². The van der Waals surface area contributed by atoms with Crippen LogP contribution in [0.15, 0.2) is 30.4 Å². The van der Waals surface area contributed by atoms with Gasteiger partial charge in [0.05, 0.1) is 6.04 Å². The van der Waals surface area contributed by atoms with Crippen molar-refractivity contribution in [3.8, 4) is 0 Å². The highest BCUT2D eigenvalue weighted by Crippen LogP contribution is 2.22. The summed E-state index contributed by atoms with van der Waals surface area (Å²) in [6, 6.07) is 5.62. The van der Waals surface area contributed by atoms with Crippen molar-refractivity contribution in [2.45, 2.75) is 26.3 Å². The summed E-state index contributed by atoms with van der Waals surface area (Å²) in [5.41, 5.74) is 1.78. The van der Waals surface area contributed by atoms with E-state index >= 15 is 0 Å². The van der Waals surface area contributed by atoms with Gasteiger partial charge in [0.1, 0.15) is 0 Å². The van der Waals surface area contributed by atoms with Crippen LogP contribution in [-0.2, 0) is 0 Å². The van der Waals surface area contributed by atoms with Crippen molar-refractivity contribution < 1.29 is 4.79 Å². The number of aryl methyl sites for hydroxylation is 1. The number of benzene rings is 1. The Morgan fingerprint density at radius 2 is 2.33 bits per heavy atom. The number of hydrogen-bond donors (Lipinski definition) is 1. The molecule has 1 atom stereocenters. The van der Waals surface area contributed by atoms with Gasteiger partial charge >= 0.3 is 6.03 Å². The summed E-state index contributed by atoms with van der Waals surface area (Å²) >= 11 is 5.94. The van der Waals surface area contributed by atoms with Gasteiger partial charge in [0.2, 0.25) is 0 Å². The first-order valence-electron chi connectivity index (χ1n) is 6.12. The normalized spacial score (nSPS) is 18.2. The van der Waals surface area contributed by atoms with Gasteiger partial charge in [-0.2, -0.15) is 0 Å². The first-order chi connectivity index (χ1) is 8.61. The average Bonchev–Trinajstić information content (AvgIpc) is 2.82. The number of amides is 2. The zero-order chi connectivity index (χ0) is 13.1. The molecule has 0 radical (unpaired) electrons. The van der Waals surface area contributed by atoms with Crippen LogP contribution >= 0.6 is 11.6 Å². The number of halogens is 1. The van der Waals surface area contributed by atoms with Gasteiger partial charge in [-0.3, -0.25) is 0 Å². The van der Waals surface area contributed by atoms with E-state index in [2.05, 4.69) is 18.3 Å². The summed E-state index contributed by atoms with van der Waals surface area (Å²) in [6.45, 7) is 4.70. The van der Waals surface area contributed by atoms with Gasteiger partial charge in [0, 0.05) is 17.3 Å². The highest BCUT2D eigenvalue weighted by atomic mass is 35.5. The molecule has 0 spiro atoms. The molecule has 1 aromatic rings. The minimum Gasteiger partial charge on any atom is -0.314 e. The Labute approximate surface area is 112 Å². The molecule has 0 saturated heterocycles. The molecule has 1 aromatic carbocycles. The lowest BCUT2D eigenvalue weighted by molar-refractivity contribution is 0.209. The number of carbonyl (C=O) groups excluding carboxylic acids is 1. The average molecular weight is 265 g/mol. The number of hydrogen-bond acceptors (Lipinski definition) is 1. The standard InChI is InChI=1S/C14H17ClN2O/c1-3-12-5-4-8-17(12)14(18)16-13-9-11(15)7-6-10(13)2/h4-7,9,12H,3,8H2,1-2H3,(H,16,18). The van der Waals surface area contributed by atoms with Crippen molar-refractivity contribution in [3.05, 3.63) is 40.9 Å². The van der Waals surface area contributed by atoms with Crippen LogP contribution in [0.4, 0.5) is 10.5 Å². The number of nitrogens with one attached hydrogen (secondary N) is 1. The second-order valence-electron chi connectivity index (χ2n) is 4.45. The molecule has 3 nitrogen and oxygen atoms in total. The monoisotopic (exact) mass is 264 g/mol. The molecular weight excluding hydrogens is 248 g/mol. The summed E-state index contributed by atoms with van der Waals surface area (Å²) in [6.07, 6.45) is 5.03. The molecule has 4 heteroatoms. The Morgan fingerprint density at radius 3 is 3.06 bits per heavy atom. The lowest BCUT2D eigenvalue weighted by Crippen LogP contribution is -2.39. The predicted octanol–water partition coefficient (Wildman–Crippen LogP) is 3.83. The van der Waals surface area contributed by atoms with Crippen LogP contribution in [0.2, 0.25) is 5.02 Å². The maximum atomic E-state index is 12.2. The summed E-state index contributed by atoms with van der Waals surface area (Å²) in [5, 5.41) is 3.55. The molecule has 2 rings (SSSR count). The van der Waals surface area contributed by atoms with E-state index in [-0.39, 0.29) is 12.1 Å². The minimum atomic E-state index is -0.0720. The maximum Gasteiger partial charge on any atom is 0.322 e. The molecule has 1 aliphatic heterocycles. The molecule has 0 saturated carbocycles. The Kier molecular flexibility index (Phi) is 3.92. The molecule has 1 aliphatic rings. The molecule has 96 valence electrons. The largest absolute Gasteiger partial charge is 0.322 e. The third-order valence-electron chi connectivity index (χ3n) is 3.18. The van der Waals surface area contributed by atoms with Crippen LogP contribution in [-0.4, -0.2) is 23.5 Å². The van der Waals surface area contributed by atoms with Crippen LogP contribution in [0.1, 0.15) is 18.9 Å². The van der Waals surface area contributed by atoms with Gasteiger partial charge in [-0.15, -0.1) is 0 Å². The molecule has 1 heterocycles. The third-order valence-corrected chi connectivity index (χ3v) is 3.42. The topological polar surface area (TPSA) is 32.3 Å². The third kappa shape index (κ3) is 2.67. The molecule has 2 amide bonds. The van der Waals surface area contributed by atoms with Crippen molar-refractivity contribution in [1.29, 1.82) is 0 Å². The molecule has 1 N–H and O–H groups in total. The van der Waals surface area contributed by atoms with E-state index in [0.717, 1.165) is 17.7 Å². The van der Waals surface area contributed by atoms with Crippen LogP contribution in [0, 0.1) is 6.92 Å². The highest BCUT2D eigenvalue weighted by molar-refractivity contribution is 6.31. The van der Waals surface area contributed by atoms with E-state index in [9.17, 15) is 4.79 Å². The van der Waals surface area contributed by atoms with Gasteiger partial charge in [0.15, 0.2) is 0 Å². The molecule has 18 heavy (non-hydrogen) atoms. The van der Waals surface area contributed by atoms with Crippen LogP contribution in [0.25, 0.3) is 0 Å². The SMILES string of the molecule is CCC1C=CCN1C(=O)Nc1cc(Cl)ccc1C. The maximum absolute atomic E-state index is 12.2. The lowest BCUT2D eigenvalue weighted by Gasteiger charge is -2.24. The van der Waals surface area contributed by atoms with Gasteiger partial charge in [-0.25, -0.2) is 4.79 Å². The van der Waals surface area contributed by atoms with Gasteiger partial charge in [-0.05, 0) is 31.0 Å². The second kappa shape index (κ2) is 5.44. The number of anilines is 1. The molecular formula is C14H17ClN2O. The van der Waals surface area contributed by atoms with E-state index in [0.29, 0.717) is 11.6 Å². The summed E-state index contributed by atoms with van der Waals surface area (Å²) in [7, 11) is 0. The fourth-order valence-corrected chi connectivity index (χ4v) is 2.25. The molecule has 1 unspecified atom stereocenters. The molecule has 0 aliphatic carbocycles. The summed E-state index contributed by atoms with van der Waals surface area (Å²) in [4.78, 5) is 14.0. The number of carbonyl (C=O) groups is 1. The zero-order valence-electron chi connectivity index (χ0n) is 10.6. The smallest absolute Gasteiger partial charge is 0.314 e. The van der Waals surface area contributed by atoms with E-state index < -0.39 is 0 Å². The van der Waals surface area contributed by atoms with Crippen molar-refractivity contribution >= 4 is 23.3 Å². The van der Waals surface area contributed by atoms with Crippen LogP contribution in [0.5, 0.6) is 0 Å². The molecule has 0 fully saturated rings. The summed E-state index contributed by atoms with van der Waals surface area (Å²) < 4.78 is 0. The Bertz CT molecular complexity index is 485. The fourth-order valence-electron chi connectivity index (χ4n) is 2.08. The van der Waals surface area contributed by atoms with Gasteiger partial charge < -0.3 is 10.2 Å². The quantitative estimate of drug-likeness (QED) is 0.809. The Balaban J connectivity index is 2.09. The fraction of sp³-hybridized carbons (Fsp3) is 0.357. The molecule has 0 bridgehead atoms. The van der Waals surface area contributed by atoms with E-state index in [1.54, 1.807) is 6.07 Å². The first-order valence-corrected chi connectivity index (χ1v) is 6.50. The van der Waals surface area contributed by atoms with E-state index in [1.807, 2.05) is 30.0 Å². The van der Waals surface area contributed by atoms with Crippen LogP contribution < -0.4 is 5.32 Å². The highest BCUT2D eigenvalue weighted by Gasteiger charge is 2.23. The Morgan fingerprint density at radius 1 is 1.56 bits per heavy atom. The van der Waals surface area contributed by atoms with Crippen molar-refractivity contribution in [2.24, 2.45) is 0 Å². The van der Waals surface area contributed by atoms with E-state index in [4.69, 9.17) is 11.6 Å². The van der Waals surface area contributed by atoms with Gasteiger partial charge in [0.25, 0.3) is 0 Å². The van der Waals surface area contributed by atoms with E-state index in [1.165, 1.54) is 0 Å². The zero-order valence-corrected chi connectivity index (χ0v) is 11.4. The van der Waals surface area contributed by atoms with Crippen molar-refractivity contribution in [2.75, 3.05) is 11.9 Å². The number of nitrogens with zero attached hydrogens (tertiary/aromatic N) is 1. The Hall–Kier alpha value is -1.48. The first kappa shape index (κ1) is 13.0. The molecule has 0 aromatic heterocycles. The van der Waals surface area contributed by atoms with Crippen molar-refractivity contribution in [3.63, 3.8) is 0 Å². The summed E-state index contributed by atoms with van der Waals surface area (Å²) in [5.74, 6) is 0.